The Morgan fingerprint density at radius 2 is 1.73 bits per heavy atom. The zero-order valence-corrected chi connectivity index (χ0v) is 13.1. The summed E-state index contributed by atoms with van der Waals surface area (Å²) in [4.78, 5) is 11.6. The topological polar surface area (TPSA) is 41.1 Å². The van der Waals surface area contributed by atoms with E-state index in [4.69, 9.17) is 11.6 Å². The maximum Gasteiger partial charge on any atom is 0.224 e. The summed E-state index contributed by atoms with van der Waals surface area (Å²) in [5.74, 6) is -0.426. The third kappa shape index (κ3) is 4.74. The Kier molecular flexibility index (Phi) is 5.78. The van der Waals surface area contributed by atoms with E-state index in [9.17, 15) is 9.18 Å². The summed E-state index contributed by atoms with van der Waals surface area (Å²) in [6.45, 7) is 2.05. The number of anilines is 3. The van der Waals surface area contributed by atoms with E-state index in [0.717, 1.165) is 24.2 Å². The number of halogens is 2. The highest BCUT2D eigenvalue weighted by Crippen LogP contribution is 2.23. The van der Waals surface area contributed by atoms with Gasteiger partial charge in [-0.3, -0.25) is 4.79 Å². The first kappa shape index (κ1) is 16.3. The van der Waals surface area contributed by atoms with Crippen molar-refractivity contribution in [2.24, 2.45) is 0 Å². The predicted octanol–water partition coefficient (Wildman–Crippen LogP) is 5.35. The number of unbranched alkanes of at least 4 members (excludes halogenated alkanes) is 1. The summed E-state index contributed by atoms with van der Waals surface area (Å²) >= 11 is 5.74. The SMILES string of the molecule is CCCCC(=O)Nc1ccc(Nc2ccc(F)c(Cl)c2)cc1. The van der Waals surface area contributed by atoms with Gasteiger partial charge in [0, 0.05) is 23.5 Å². The predicted molar refractivity (Wildman–Crippen MR) is 89.3 cm³/mol. The molecule has 22 heavy (non-hydrogen) atoms. The zero-order chi connectivity index (χ0) is 15.9. The molecule has 0 spiro atoms. The van der Waals surface area contributed by atoms with E-state index in [1.54, 1.807) is 6.07 Å². The minimum Gasteiger partial charge on any atom is -0.355 e. The molecule has 2 rings (SSSR count). The monoisotopic (exact) mass is 320 g/mol. The Labute approximate surface area is 134 Å². The molecule has 0 aliphatic heterocycles. The second kappa shape index (κ2) is 7.80. The van der Waals surface area contributed by atoms with E-state index < -0.39 is 5.82 Å². The highest BCUT2D eigenvalue weighted by Gasteiger charge is 2.03. The number of rotatable bonds is 6. The second-order valence-corrected chi connectivity index (χ2v) is 5.39. The van der Waals surface area contributed by atoms with Crippen molar-refractivity contribution in [3.8, 4) is 0 Å². The van der Waals surface area contributed by atoms with Crippen molar-refractivity contribution in [2.75, 3.05) is 10.6 Å². The van der Waals surface area contributed by atoms with Gasteiger partial charge < -0.3 is 10.6 Å². The molecule has 0 fully saturated rings. The number of amides is 1. The van der Waals surface area contributed by atoms with E-state index >= 15 is 0 Å². The van der Waals surface area contributed by atoms with Crippen LogP contribution in [0.4, 0.5) is 21.5 Å². The summed E-state index contributed by atoms with van der Waals surface area (Å²) in [5.41, 5.74) is 2.28. The quantitative estimate of drug-likeness (QED) is 0.753. The van der Waals surface area contributed by atoms with E-state index in [1.807, 2.05) is 24.3 Å². The molecule has 3 nitrogen and oxygen atoms in total. The highest BCUT2D eigenvalue weighted by atomic mass is 35.5. The van der Waals surface area contributed by atoms with Gasteiger partial charge in [-0.25, -0.2) is 4.39 Å². The fourth-order valence-corrected chi connectivity index (χ4v) is 2.12. The number of carbonyl (C=O) groups excluding carboxylic acids is 1. The third-order valence-corrected chi connectivity index (χ3v) is 3.42. The molecule has 0 aromatic heterocycles. The Morgan fingerprint density at radius 1 is 1.09 bits per heavy atom. The molecule has 0 saturated heterocycles. The maximum atomic E-state index is 13.1. The molecule has 0 bridgehead atoms. The van der Waals surface area contributed by atoms with Crippen LogP contribution in [-0.4, -0.2) is 5.91 Å². The molecule has 0 unspecified atom stereocenters. The molecule has 0 heterocycles. The normalized spacial score (nSPS) is 10.3. The number of hydrogen-bond acceptors (Lipinski definition) is 2. The van der Waals surface area contributed by atoms with Crippen molar-refractivity contribution in [2.45, 2.75) is 26.2 Å². The van der Waals surface area contributed by atoms with Gasteiger partial charge in [0.2, 0.25) is 5.91 Å². The Bertz CT molecular complexity index is 644. The molecule has 5 heteroatoms. The molecular formula is C17H18ClFN2O. The Morgan fingerprint density at radius 3 is 2.36 bits per heavy atom. The molecular weight excluding hydrogens is 303 g/mol. The van der Waals surface area contributed by atoms with Crippen molar-refractivity contribution < 1.29 is 9.18 Å². The number of benzene rings is 2. The molecule has 2 N–H and O–H groups in total. The van der Waals surface area contributed by atoms with Gasteiger partial charge >= 0.3 is 0 Å². The molecule has 0 aliphatic carbocycles. The lowest BCUT2D eigenvalue weighted by molar-refractivity contribution is -0.116. The molecule has 0 saturated carbocycles. The fraction of sp³-hybridized carbons (Fsp3) is 0.235. The third-order valence-electron chi connectivity index (χ3n) is 3.13. The van der Waals surface area contributed by atoms with Crippen LogP contribution in [-0.2, 0) is 4.79 Å². The van der Waals surface area contributed by atoms with Crippen molar-refractivity contribution in [1.29, 1.82) is 0 Å². The van der Waals surface area contributed by atoms with Crippen LogP contribution in [0, 0.1) is 5.82 Å². The van der Waals surface area contributed by atoms with E-state index in [0.29, 0.717) is 12.1 Å². The molecule has 1 amide bonds. The summed E-state index contributed by atoms with van der Waals surface area (Å²) in [5, 5.41) is 6.04. The van der Waals surface area contributed by atoms with E-state index in [-0.39, 0.29) is 10.9 Å². The molecule has 2 aromatic carbocycles. The lowest BCUT2D eigenvalue weighted by Crippen LogP contribution is -2.10. The van der Waals surface area contributed by atoms with Gasteiger partial charge in [0.25, 0.3) is 0 Å². The van der Waals surface area contributed by atoms with Crippen molar-refractivity contribution in [3.05, 3.63) is 53.3 Å². The van der Waals surface area contributed by atoms with Gasteiger partial charge in [0.15, 0.2) is 0 Å². The Hall–Kier alpha value is -2.07. The fourth-order valence-electron chi connectivity index (χ4n) is 1.94. The summed E-state index contributed by atoms with van der Waals surface area (Å²) in [6, 6.07) is 11.8. The van der Waals surface area contributed by atoms with Gasteiger partial charge in [0.05, 0.1) is 5.02 Å². The lowest BCUT2D eigenvalue weighted by Gasteiger charge is -2.09. The second-order valence-electron chi connectivity index (χ2n) is 4.98. The van der Waals surface area contributed by atoms with Crippen LogP contribution in [0.15, 0.2) is 42.5 Å². The van der Waals surface area contributed by atoms with Crippen LogP contribution in [0.5, 0.6) is 0 Å². The summed E-state index contributed by atoms with van der Waals surface area (Å²) in [7, 11) is 0. The highest BCUT2D eigenvalue weighted by molar-refractivity contribution is 6.31. The van der Waals surface area contributed by atoms with Gasteiger partial charge in [-0.1, -0.05) is 24.9 Å². The van der Waals surface area contributed by atoms with Gasteiger partial charge in [-0.05, 0) is 48.9 Å². The first-order valence-corrected chi connectivity index (χ1v) is 7.58. The minimum atomic E-state index is -0.447. The summed E-state index contributed by atoms with van der Waals surface area (Å²) < 4.78 is 13.1. The molecule has 0 radical (unpaired) electrons. The molecule has 116 valence electrons. The van der Waals surface area contributed by atoms with Gasteiger partial charge in [-0.15, -0.1) is 0 Å². The van der Waals surface area contributed by atoms with E-state index in [2.05, 4.69) is 17.6 Å². The van der Waals surface area contributed by atoms with E-state index in [1.165, 1.54) is 12.1 Å². The smallest absolute Gasteiger partial charge is 0.224 e. The largest absolute Gasteiger partial charge is 0.355 e. The average Bonchev–Trinajstić information content (AvgIpc) is 2.51. The van der Waals surface area contributed by atoms with Crippen molar-refractivity contribution in [3.63, 3.8) is 0 Å². The molecule has 0 atom stereocenters. The number of hydrogen-bond donors (Lipinski definition) is 2. The molecule has 2 aromatic rings. The van der Waals surface area contributed by atoms with Crippen LogP contribution < -0.4 is 10.6 Å². The van der Waals surface area contributed by atoms with Crippen LogP contribution in [0.2, 0.25) is 5.02 Å². The average molecular weight is 321 g/mol. The molecule has 0 aliphatic rings. The minimum absolute atomic E-state index is 0.0212. The maximum absolute atomic E-state index is 13.1. The van der Waals surface area contributed by atoms with Crippen molar-refractivity contribution >= 4 is 34.6 Å². The van der Waals surface area contributed by atoms with Crippen LogP contribution in [0.1, 0.15) is 26.2 Å². The van der Waals surface area contributed by atoms with Crippen molar-refractivity contribution in [1.82, 2.24) is 0 Å². The summed E-state index contributed by atoms with van der Waals surface area (Å²) in [6.07, 6.45) is 2.41. The zero-order valence-electron chi connectivity index (χ0n) is 12.3. The Balaban J connectivity index is 1.96. The number of nitrogens with one attached hydrogen (secondary N) is 2. The van der Waals surface area contributed by atoms with Gasteiger partial charge in [0.1, 0.15) is 5.82 Å². The van der Waals surface area contributed by atoms with Crippen LogP contribution in [0.3, 0.4) is 0 Å². The standard InChI is InChI=1S/C17H18ClFN2O/c1-2-3-4-17(22)21-13-7-5-12(6-8-13)20-14-9-10-16(19)15(18)11-14/h5-11,20H,2-4H2,1H3,(H,21,22). The first-order chi connectivity index (χ1) is 10.6. The lowest BCUT2D eigenvalue weighted by atomic mass is 10.2. The van der Waals surface area contributed by atoms with Gasteiger partial charge in [-0.2, -0.15) is 0 Å². The first-order valence-electron chi connectivity index (χ1n) is 7.20. The number of carbonyl (C=O) groups is 1. The van der Waals surface area contributed by atoms with Crippen LogP contribution >= 0.6 is 11.6 Å². The van der Waals surface area contributed by atoms with Crippen LogP contribution in [0.25, 0.3) is 0 Å².